The van der Waals surface area contributed by atoms with Crippen molar-refractivity contribution in [1.82, 2.24) is 0 Å². The molecule has 0 aliphatic rings. The number of nitrogens with one attached hydrogen (secondary N) is 1. The number of amides is 1. The van der Waals surface area contributed by atoms with Gasteiger partial charge in [0, 0.05) is 16.7 Å². The Hall–Kier alpha value is -1.66. The maximum Gasteiger partial charge on any atom is 0.336 e. The molecule has 18 heavy (non-hydrogen) atoms. The fourth-order valence-corrected chi connectivity index (χ4v) is 2.90. The van der Waals surface area contributed by atoms with Crippen molar-refractivity contribution >= 4 is 39.6 Å². The molecule has 0 aliphatic carbocycles. The van der Waals surface area contributed by atoms with Crippen LogP contribution < -0.4 is 5.32 Å². The second-order valence-corrected chi connectivity index (χ2v) is 5.58. The smallest absolute Gasteiger partial charge is 0.336 e. The summed E-state index contributed by atoms with van der Waals surface area (Å²) in [4.78, 5) is 23.5. The van der Waals surface area contributed by atoms with Gasteiger partial charge in [-0.1, -0.05) is 6.07 Å². The van der Waals surface area contributed by atoms with Crippen LogP contribution in [0.1, 0.15) is 21.7 Å². The Morgan fingerprint density at radius 2 is 2.17 bits per heavy atom. The number of aryl methyl sites for hydroxylation is 1. The number of carboxylic acids is 1. The van der Waals surface area contributed by atoms with E-state index in [0.29, 0.717) is 17.8 Å². The molecule has 2 rings (SSSR count). The van der Waals surface area contributed by atoms with E-state index in [1.54, 1.807) is 11.3 Å². The van der Waals surface area contributed by atoms with Crippen LogP contribution in [0.4, 0.5) is 5.00 Å². The van der Waals surface area contributed by atoms with Gasteiger partial charge in [-0.2, -0.15) is 0 Å². The number of aromatic carboxylic acids is 1. The molecule has 2 N–H and O–H groups in total. The predicted octanol–water partition coefficient (Wildman–Crippen LogP) is 3.08. The number of hydrogen-bond donors (Lipinski definition) is 2. The van der Waals surface area contributed by atoms with Crippen LogP contribution >= 0.6 is 22.7 Å². The summed E-state index contributed by atoms with van der Waals surface area (Å²) in [6, 6.07) is 5.41. The van der Waals surface area contributed by atoms with Gasteiger partial charge in [-0.3, -0.25) is 4.79 Å². The lowest BCUT2D eigenvalue weighted by Gasteiger charge is -2.00. The largest absolute Gasteiger partial charge is 0.478 e. The minimum atomic E-state index is -0.981. The molecular weight excluding hydrogens is 270 g/mol. The van der Waals surface area contributed by atoms with Crippen molar-refractivity contribution in [3.63, 3.8) is 0 Å². The van der Waals surface area contributed by atoms with Crippen molar-refractivity contribution in [1.29, 1.82) is 0 Å². The van der Waals surface area contributed by atoms with Gasteiger partial charge >= 0.3 is 5.97 Å². The molecule has 0 saturated carbocycles. The first kappa shape index (κ1) is 12.8. The molecule has 2 heterocycles. The molecular formula is C12H11NO3S2. The molecule has 0 fully saturated rings. The van der Waals surface area contributed by atoms with E-state index >= 15 is 0 Å². The third-order valence-electron chi connectivity index (χ3n) is 2.29. The third kappa shape index (κ3) is 3.41. The van der Waals surface area contributed by atoms with Crippen LogP contribution in [0.15, 0.2) is 29.0 Å². The van der Waals surface area contributed by atoms with Crippen LogP contribution in [0.5, 0.6) is 0 Å². The van der Waals surface area contributed by atoms with Gasteiger partial charge in [-0.15, -0.1) is 22.7 Å². The first-order valence-corrected chi connectivity index (χ1v) is 7.05. The maximum absolute atomic E-state index is 11.6. The quantitative estimate of drug-likeness (QED) is 0.885. The van der Waals surface area contributed by atoms with Gasteiger partial charge in [0.05, 0.1) is 10.6 Å². The van der Waals surface area contributed by atoms with Crippen molar-refractivity contribution in [3.05, 3.63) is 39.4 Å². The number of carbonyl (C=O) groups excluding carboxylic acids is 1. The number of carbonyl (C=O) groups is 2. The summed E-state index contributed by atoms with van der Waals surface area (Å²) in [5, 5.41) is 15.5. The topological polar surface area (TPSA) is 66.4 Å². The summed E-state index contributed by atoms with van der Waals surface area (Å²) in [5.41, 5.74) is 0.202. The number of hydrogen-bond acceptors (Lipinski definition) is 4. The molecule has 4 nitrogen and oxygen atoms in total. The van der Waals surface area contributed by atoms with Crippen LogP contribution in [0.3, 0.4) is 0 Å². The summed E-state index contributed by atoms with van der Waals surface area (Å²) >= 11 is 2.84. The van der Waals surface area contributed by atoms with Crippen LogP contribution in [-0.4, -0.2) is 17.0 Å². The molecule has 0 atom stereocenters. The van der Waals surface area contributed by atoms with Gasteiger partial charge in [0.1, 0.15) is 0 Å². The monoisotopic (exact) mass is 281 g/mol. The minimum Gasteiger partial charge on any atom is -0.478 e. The van der Waals surface area contributed by atoms with Crippen LogP contribution in [0.25, 0.3) is 0 Å². The van der Waals surface area contributed by atoms with Gasteiger partial charge in [0.2, 0.25) is 5.91 Å². The average Bonchev–Trinajstić information content (AvgIpc) is 2.96. The Bertz CT molecular complexity index is 545. The molecule has 2 aromatic heterocycles. The highest BCUT2D eigenvalue weighted by atomic mass is 32.1. The SMILES string of the molecule is O=C(CCc1cccs1)Nc1cc(C(=O)O)cs1. The highest BCUT2D eigenvalue weighted by molar-refractivity contribution is 7.14. The van der Waals surface area contributed by atoms with E-state index in [1.807, 2.05) is 17.5 Å². The molecule has 0 aliphatic heterocycles. The lowest BCUT2D eigenvalue weighted by Crippen LogP contribution is -2.11. The van der Waals surface area contributed by atoms with E-state index in [9.17, 15) is 9.59 Å². The Morgan fingerprint density at radius 1 is 1.33 bits per heavy atom. The molecule has 0 bridgehead atoms. The van der Waals surface area contributed by atoms with Crippen molar-refractivity contribution in [2.75, 3.05) is 5.32 Å². The average molecular weight is 281 g/mol. The third-order valence-corrected chi connectivity index (χ3v) is 4.07. The van der Waals surface area contributed by atoms with E-state index in [2.05, 4.69) is 5.32 Å². The molecule has 0 spiro atoms. The maximum atomic E-state index is 11.6. The van der Waals surface area contributed by atoms with Crippen molar-refractivity contribution in [3.8, 4) is 0 Å². The Morgan fingerprint density at radius 3 is 2.78 bits per heavy atom. The molecule has 6 heteroatoms. The minimum absolute atomic E-state index is 0.0952. The normalized spacial score (nSPS) is 10.2. The highest BCUT2D eigenvalue weighted by Crippen LogP contribution is 2.21. The van der Waals surface area contributed by atoms with Gasteiger partial charge in [0.25, 0.3) is 0 Å². The molecule has 0 saturated heterocycles. The van der Waals surface area contributed by atoms with Crippen LogP contribution in [0.2, 0.25) is 0 Å². The molecule has 0 radical (unpaired) electrons. The summed E-state index contributed by atoms with van der Waals surface area (Å²) in [6.07, 6.45) is 1.11. The fourth-order valence-electron chi connectivity index (χ4n) is 1.41. The summed E-state index contributed by atoms with van der Waals surface area (Å²) in [5.74, 6) is -1.08. The molecule has 1 amide bonds. The number of carboxylic acid groups (broad SMARTS) is 1. The molecule has 0 aromatic carbocycles. The van der Waals surface area contributed by atoms with Crippen LogP contribution in [0, 0.1) is 0 Å². The molecule has 94 valence electrons. The van der Waals surface area contributed by atoms with Crippen molar-refractivity contribution in [2.24, 2.45) is 0 Å². The number of rotatable bonds is 5. The lowest BCUT2D eigenvalue weighted by molar-refractivity contribution is -0.116. The first-order chi connectivity index (χ1) is 8.65. The van der Waals surface area contributed by atoms with E-state index in [1.165, 1.54) is 27.7 Å². The van der Waals surface area contributed by atoms with Gasteiger partial charge in [-0.05, 0) is 23.9 Å². The number of anilines is 1. The summed E-state index contributed by atoms with van der Waals surface area (Å²) < 4.78 is 0. The zero-order chi connectivity index (χ0) is 13.0. The highest BCUT2D eigenvalue weighted by Gasteiger charge is 2.09. The second-order valence-electron chi connectivity index (χ2n) is 3.63. The second kappa shape index (κ2) is 5.79. The lowest BCUT2D eigenvalue weighted by atomic mass is 10.2. The number of thiophene rings is 2. The van der Waals surface area contributed by atoms with Gasteiger partial charge in [-0.25, -0.2) is 4.79 Å². The zero-order valence-electron chi connectivity index (χ0n) is 9.38. The van der Waals surface area contributed by atoms with E-state index < -0.39 is 5.97 Å². The zero-order valence-corrected chi connectivity index (χ0v) is 11.0. The van der Waals surface area contributed by atoms with E-state index in [-0.39, 0.29) is 11.5 Å². The Balaban J connectivity index is 1.85. The summed E-state index contributed by atoms with van der Waals surface area (Å²) in [7, 11) is 0. The Kier molecular flexibility index (Phi) is 4.11. The van der Waals surface area contributed by atoms with E-state index in [4.69, 9.17) is 5.11 Å². The first-order valence-electron chi connectivity index (χ1n) is 5.29. The fraction of sp³-hybridized carbons (Fsp3) is 0.167. The van der Waals surface area contributed by atoms with Gasteiger partial charge in [0.15, 0.2) is 0 Å². The summed E-state index contributed by atoms with van der Waals surface area (Å²) in [6.45, 7) is 0. The molecule has 0 unspecified atom stereocenters. The van der Waals surface area contributed by atoms with Crippen LogP contribution in [-0.2, 0) is 11.2 Å². The van der Waals surface area contributed by atoms with Crippen molar-refractivity contribution < 1.29 is 14.7 Å². The van der Waals surface area contributed by atoms with Crippen molar-refractivity contribution in [2.45, 2.75) is 12.8 Å². The van der Waals surface area contributed by atoms with E-state index in [0.717, 1.165) is 0 Å². The molecule has 2 aromatic rings. The Labute approximate surface area is 112 Å². The van der Waals surface area contributed by atoms with Gasteiger partial charge < -0.3 is 10.4 Å². The predicted molar refractivity (Wildman–Crippen MR) is 72.5 cm³/mol. The standard InChI is InChI=1S/C12H11NO3S2/c14-10(4-3-9-2-1-5-17-9)13-11-6-8(7-18-11)12(15)16/h1-2,5-7H,3-4H2,(H,13,14)(H,15,16).